The molecule has 2 N–H and O–H groups in total. The van der Waals surface area contributed by atoms with E-state index < -0.39 is 0 Å². The van der Waals surface area contributed by atoms with Gasteiger partial charge in [0.05, 0.1) is 11.7 Å². The Morgan fingerprint density at radius 2 is 2.29 bits per heavy atom. The van der Waals surface area contributed by atoms with Crippen molar-refractivity contribution in [3.05, 3.63) is 17.5 Å². The molecule has 1 saturated carbocycles. The minimum Gasteiger partial charge on any atom is -0.322 e. The fraction of sp³-hybridized carbons (Fsp3) is 0.727. The van der Waals surface area contributed by atoms with Crippen LogP contribution in [0.5, 0.6) is 0 Å². The van der Waals surface area contributed by atoms with E-state index >= 15 is 0 Å². The molecule has 1 heterocycles. The van der Waals surface area contributed by atoms with E-state index in [1.54, 1.807) is 0 Å². The van der Waals surface area contributed by atoms with Crippen molar-refractivity contribution in [1.29, 1.82) is 0 Å². The van der Waals surface area contributed by atoms with Crippen molar-refractivity contribution in [1.82, 2.24) is 9.78 Å². The van der Waals surface area contributed by atoms with Gasteiger partial charge in [0.1, 0.15) is 0 Å². The smallest absolute Gasteiger partial charge is 0.0829 e. The molecule has 0 aliphatic heterocycles. The van der Waals surface area contributed by atoms with Crippen LogP contribution in [0.1, 0.15) is 44.0 Å². The van der Waals surface area contributed by atoms with E-state index in [0.29, 0.717) is 5.41 Å². The fourth-order valence-corrected chi connectivity index (χ4v) is 1.93. The average Bonchev–Trinajstić information content (AvgIpc) is 2.78. The normalized spacial score (nSPS) is 20.9. The summed E-state index contributed by atoms with van der Waals surface area (Å²) in [5.74, 6) is 0. The molecule has 0 radical (unpaired) electrons. The van der Waals surface area contributed by atoms with Crippen LogP contribution in [0.15, 0.2) is 6.20 Å². The van der Waals surface area contributed by atoms with Gasteiger partial charge in [-0.2, -0.15) is 5.10 Å². The predicted octanol–water partition coefficient (Wildman–Crippen LogP) is 1.78. The Labute approximate surface area is 85.3 Å². The Morgan fingerprint density at radius 1 is 1.64 bits per heavy atom. The fourth-order valence-electron chi connectivity index (χ4n) is 1.93. The molecular weight excluding hydrogens is 174 g/mol. The molecule has 0 spiro atoms. The molecule has 3 nitrogen and oxygen atoms in total. The van der Waals surface area contributed by atoms with Gasteiger partial charge in [-0.1, -0.05) is 13.8 Å². The molecule has 78 valence electrons. The number of nitrogens with zero attached hydrogens (tertiary/aromatic N) is 2. The van der Waals surface area contributed by atoms with E-state index in [9.17, 15) is 0 Å². The first-order valence-corrected chi connectivity index (χ1v) is 5.35. The summed E-state index contributed by atoms with van der Waals surface area (Å²) in [5.41, 5.74) is 8.97. The average molecular weight is 193 g/mol. The second-order valence-electron chi connectivity index (χ2n) is 4.70. The Bertz CT molecular complexity index is 336. The van der Waals surface area contributed by atoms with E-state index in [1.807, 2.05) is 11.7 Å². The largest absolute Gasteiger partial charge is 0.322 e. The van der Waals surface area contributed by atoms with Gasteiger partial charge in [-0.05, 0) is 30.2 Å². The lowest BCUT2D eigenvalue weighted by Gasteiger charge is -2.17. The van der Waals surface area contributed by atoms with Crippen LogP contribution >= 0.6 is 0 Å². The highest BCUT2D eigenvalue weighted by atomic mass is 15.3. The maximum Gasteiger partial charge on any atom is 0.0829 e. The first kappa shape index (κ1) is 9.71. The van der Waals surface area contributed by atoms with Gasteiger partial charge in [0.15, 0.2) is 0 Å². The van der Waals surface area contributed by atoms with Gasteiger partial charge in [0.2, 0.25) is 0 Å². The number of hydrogen-bond acceptors (Lipinski definition) is 2. The lowest BCUT2D eigenvalue weighted by atomic mass is 9.94. The maximum absolute atomic E-state index is 6.25. The SMILES string of the molecule is CCc1cn(C)nc1[C@H](N)C1(C)CC1. The Morgan fingerprint density at radius 3 is 2.79 bits per heavy atom. The van der Waals surface area contributed by atoms with Crippen molar-refractivity contribution in [3.63, 3.8) is 0 Å². The van der Waals surface area contributed by atoms with E-state index in [2.05, 4.69) is 25.1 Å². The van der Waals surface area contributed by atoms with Crippen molar-refractivity contribution in [2.75, 3.05) is 0 Å². The molecule has 1 aromatic heterocycles. The molecule has 1 aliphatic rings. The minimum absolute atomic E-state index is 0.124. The maximum atomic E-state index is 6.25. The molecule has 0 aromatic carbocycles. The first-order valence-electron chi connectivity index (χ1n) is 5.35. The summed E-state index contributed by atoms with van der Waals surface area (Å²) in [4.78, 5) is 0. The van der Waals surface area contributed by atoms with E-state index in [0.717, 1.165) is 12.1 Å². The zero-order chi connectivity index (χ0) is 10.3. The van der Waals surface area contributed by atoms with Crippen LogP contribution in [0.2, 0.25) is 0 Å². The zero-order valence-corrected chi connectivity index (χ0v) is 9.25. The highest BCUT2D eigenvalue weighted by molar-refractivity contribution is 5.24. The standard InChI is InChI=1S/C11H19N3/c1-4-8-7-14(3)13-9(8)10(12)11(2)5-6-11/h7,10H,4-6,12H2,1-3H3/t10-/m0/s1. The van der Waals surface area contributed by atoms with Crippen LogP contribution in [0.3, 0.4) is 0 Å². The molecule has 1 fully saturated rings. The van der Waals surface area contributed by atoms with Crippen molar-refractivity contribution >= 4 is 0 Å². The van der Waals surface area contributed by atoms with E-state index in [-0.39, 0.29) is 6.04 Å². The van der Waals surface area contributed by atoms with Gasteiger partial charge < -0.3 is 5.73 Å². The second kappa shape index (κ2) is 3.09. The quantitative estimate of drug-likeness (QED) is 0.795. The molecule has 14 heavy (non-hydrogen) atoms. The van der Waals surface area contributed by atoms with Gasteiger partial charge in [0, 0.05) is 13.2 Å². The molecule has 0 unspecified atom stereocenters. The van der Waals surface area contributed by atoms with Gasteiger partial charge >= 0.3 is 0 Å². The van der Waals surface area contributed by atoms with Gasteiger partial charge in [0.25, 0.3) is 0 Å². The molecule has 2 rings (SSSR count). The number of hydrogen-bond donors (Lipinski definition) is 1. The lowest BCUT2D eigenvalue weighted by molar-refractivity contribution is 0.436. The Hall–Kier alpha value is -0.830. The van der Waals surface area contributed by atoms with Crippen LogP contribution < -0.4 is 5.73 Å². The number of aryl methyl sites for hydroxylation is 2. The van der Waals surface area contributed by atoms with Crippen molar-refractivity contribution in [2.45, 2.75) is 39.2 Å². The number of nitrogens with two attached hydrogens (primary N) is 1. The van der Waals surface area contributed by atoms with Crippen molar-refractivity contribution < 1.29 is 0 Å². The lowest BCUT2D eigenvalue weighted by Crippen LogP contribution is -2.22. The van der Waals surface area contributed by atoms with Crippen LogP contribution in [0, 0.1) is 5.41 Å². The molecular formula is C11H19N3. The molecule has 1 aliphatic carbocycles. The summed E-state index contributed by atoms with van der Waals surface area (Å²) in [5, 5.41) is 4.48. The second-order valence-corrected chi connectivity index (χ2v) is 4.70. The first-order chi connectivity index (χ1) is 6.57. The summed E-state index contributed by atoms with van der Waals surface area (Å²) in [6, 6.07) is 0.124. The molecule has 1 atom stereocenters. The van der Waals surface area contributed by atoms with Crippen LogP contribution in [-0.4, -0.2) is 9.78 Å². The van der Waals surface area contributed by atoms with Gasteiger partial charge in [-0.25, -0.2) is 0 Å². The third-order valence-electron chi connectivity index (χ3n) is 3.40. The summed E-state index contributed by atoms with van der Waals surface area (Å²) in [7, 11) is 1.96. The Balaban J connectivity index is 2.30. The highest BCUT2D eigenvalue weighted by Crippen LogP contribution is 2.53. The zero-order valence-electron chi connectivity index (χ0n) is 9.25. The van der Waals surface area contributed by atoms with Crippen LogP contribution in [0.25, 0.3) is 0 Å². The number of aromatic nitrogens is 2. The minimum atomic E-state index is 0.124. The third kappa shape index (κ3) is 1.46. The summed E-state index contributed by atoms with van der Waals surface area (Å²) in [6.45, 7) is 4.41. The number of rotatable bonds is 3. The highest BCUT2D eigenvalue weighted by Gasteiger charge is 2.45. The van der Waals surface area contributed by atoms with E-state index in [4.69, 9.17) is 5.73 Å². The molecule has 3 heteroatoms. The molecule has 1 aromatic rings. The molecule has 0 bridgehead atoms. The van der Waals surface area contributed by atoms with E-state index in [1.165, 1.54) is 18.4 Å². The summed E-state index contributed by atoms with van der Waals surface area (Å²) >= 11 is 0. The van der Waals surface area contributed by atoms with Crippen LogP contribution in [0.4, 0.5) is 0 Å². The van der Waals surface area contributed by atoms with Crippen LogP contribution in [-0.2, 0) is 13.5 Å². The third-order valence-corrected chi connectivity index (χ3v) is 3.40. The van der Waals surface area contributed by atoms with Gasteiger partial charge in [-0.15, -0.1) is 0 Å². The summed E-state index contributed by atoms with van der Waals surface area (Å²) < 4.78 is 1.87. The summed E-state index contributed by atoms with van der Waals surface area (Å²) in [6.07, 6.45) is 5.59. The molecule has 0 amide bonds. The van der Waals surface area contributed by atoms with Crippen molar-refractivity contribution in [2.24, 2.45) is 18.2 Å². The predicted molar refractivity (Wildman–Crippen MR) is 56.9 cm³/mol. The Kier molecular flexibility index (Phi) is 2.14. The molecule has 0 saturated heterocycles. The topological polar surface area (TPSA) is 43.8 Å². The monoisotopic (exact) mass is 193 g/mol. The van der Waals surface area contributed by atoms with Gasteiger partial charge in [-0.3, -0.25) is 4.68 Å². The van der Waals surface area contributed by atoms with Crippen molar-refractivity contribution in [3.8, 4) is 0 Å².